The van der Waals surface area contributed by atoms with Gasteiger partial charge >= 0.3 is 0 Å². The van der Waals surface area contributed by atoms with Gasteiger partial charge in [-0.25, -0.2) is 0 Å². The number of fused-ring (bicyclic) bond motifs is 1. The number of ether oxygens (including phenoxy) is 2. The van der Waals surface area contributed by atoms with Crippen LogP contribution in [0.15, 0.2) is 36.4 Å². The first-order chi connectivity index (χ1) is 14.5. The SMILES string of the molecule is Cc1c(C(=O)N2CCC(C(=O)c3ccc4c(c3)OCCO4)CC2)cccc1[N+](=O)[O-]. The summed E-state index contributed by atoms with van der Waals surface area (Å²) in [7, 11) is 0. The van der Waals surface area contributed by atoms with Gasteiger partial charge in [-0.3, -0.25) is 19.7 Å². The summed E-state index contributed by atoms with van der Waals surface area (Å²) in [5.41, 5.74) is 1.21. The molecule has 8 heteroatoms. The van der Waals surface area contributed by atoms with Gasteiger partial charge in [-0.05, 0) is 44.0 Å². The summed E-state index contributed by atoms with van der Waals surface area (Å²) in [6, 6.07) is 9.75. The number of hydrogen-bond acceptors (Lipinski definition) is 6. The van der Waals surface area contributed by atoms with Crippen LogP contribution in [0.2, 0.25) is 0 Å². The lowest BCUT2D eigenvalue weighted by Crippen LogP contribution is -2.40. The van der Waals surface area contributed by atoms with E-state index in [1.165, 1.54) is 12.1 Å². The third kappa shape index (κ3) is 3.72. The highest BCUT2D eigenvalue weighted by Gasteiger charge is 2.30. The van der Waals surface area contributed by atoms with Gasteiger partial charge in [0.25, 0.3) is 11.6 Å². The van der Waals surface area contributed by atoms with Crippen molar-refractivity contribution in [1.82, 2.24) is 4.90 Å². The number of likely N-dealkylation sites (tertiary alicyclic amines) is 1. The summed E-state index contributed by atoms with van der Waals surface area (Å²) in [6.45, 7) is 3.41. The minimum Gasteiger partial charge on any atom is -0.486 e. The monoisotopic (exact) mass is 410 g/mol. The van der Waals surface area contributed by atoms with E-state index in [0.29, 0.717) is 67.3 Å². The van der Waals surface area contributed by atoms with E-state index in [-0.39, 0.29) is 23.3 Å². The Morgan fingerprint density at radius 3 is 2.47 bits per heavy atom. The minimum absolute atomic E-state index is 0.0330. The van der Waals surface area contributed by atoms with Crippen LogP contribution in [0.1, 0.15) is 39.1 Å². The maximum atomic E-state index is 12.9. The van der Waals surface area contributed by atoms with Crippen LogP contribution in [0.4, 0.5) is 5.69 Å². The molecular weight excluding hydrogens is 388 g/mol. The van der Waals surface area contributed by atoms with Gasteiger partial charge in [-0.15, -0.1) is 0 Å². The van der Waals surface area contributed by atoms with Crippen LogP contribution in [0.3, 0.4) is 0 Å². The number of amides is 1. The Hall–Kier alpha value is -3.42. The first kappa shape index (κ1) is 19.9. The number of Topliss-reactive ketones (excluding diaryl/α,β-unsaturated/α-hetero) is 1. The van der Waals surface area contributed by atoms with Crippen molar-refractivity contribution in [3.8, 4) is 11.5 Å². The molecule has 0 unspecified atom stereocenters. The van der Waals surface area contributed by atoms with Crippen molar-refractivity contribution in [2.24, 2.45) is 5.92 Å². The van der Waals surface area contributed by atoms with Gasteiger partial charge in [0.1, 0.15) is 13.2 Å². The Morgan fingerprint density at radius 1 is 1.07 bits per heavy atom. The Labute approximate surface area is 173 Å². The number of rotatable bonds is 4. The third-order valence-electron chi connectivity index (χ3n) is 5.71. The van der Waals surface area contributed by atoms with Crippen molar-refractivity contribution in [3.05, 3.63) is 63.2 Å². The van der Waals surface area contributed by atoms with E-state index < -0.39 is 4.92 Å². The number of nitrogens with zero attached hydrogens (tertiary/aromatic N) is 2. The highest BCUT2D eigenvalue weighted by Crippen LogP contribution is 2.33. The lowest BCUT2D eigenvalue weighted by molar-refractivity contribution is -0.385. The second-order valence-corrected chi connectivity index (χ2v) is 7.50. The molecule has 0 radical (unpaired) electrons. The predicted octanol–water partition coefficient (Wildman–Crippen LogP) is 3.41. The molecule has 30 heavy (non-hydrogen) atoms. The topological polar surface area (TPSA) is 99.0 Å². The van der Waals surface area contributed by atoms with Crippen LogP contribution < -0.4 is 9.47 Å². The van der Waals surface area contributed by atoms with E-state index in [9.17, 15) is 19.7 Å². The molecular formula is C22H22N2O6. The minimum atomic E-state index is -0.482. The largest absolute Gasteiger partial charge is 0.486 e. The second kappa shape index (κ2) is 8.14. The van der Waals surface area contributed by atoms with Gasteiger partial charge in [-0.2, -0.15) is 0 Å². The molecule has 1 fully saturated rings. The Kier molecular flexibility index (Phi) is 5.39. The normalized spacial score (nSPS) is 16.2. The quantitative estimate of drug-likeness (QED) is 0.435. The third-order valence-corrected chi connectivity index (χ3v) is 5.71. The average Bonchev–Trinajstić information content (AvgIpc) is 2.78. The van der Waals surface area contributed by atoms with E-state index in [0.717, 1.165) is 0 Å². The number of nitro benzene ring substituents is 1. The number of carbonyl (C=O) groups is 2. The van der Waals surface area contributed by atoms with Gasteiger partial charge in [-0.1, -0.05) is 6.07 Å². The molecule has 2 aliphatic rings. The molecule has 156 valence electrons. The fourth-order valence-electron chi connectivity index (χ4n) is 4.00. The predicted molar refractivity (Wildman–Crippen MR) is 108 cm³/mol. The molecule has 1 amide bonds. The van der Waals surface area contributed by atoms with E-state index in [1.807, 2.05) is 0 Å². The molecule has 2 aromatic carbocycles. The molecule has 1 saturated heterocycles. The number of ketones is 1. The summed E-state index contributed by atoms with van der Waals surface area (Å²) < 4.78 is 11.1. The van der Waals surface area contributed by atoms with Crippen molar-refractivity contribution in [1.29, 1.82) is 0 Å². The van der Waals surface area contributed by atoms with E-state index >= 15 is 0 Å². The number of piperidine rings is 1. The molecule has 2 aliphatic heterocycles. The molecule has 0 atom stereocenters. The van der Waals surface area contributed by atoms with Crippen LogP contribution in [0.25, 0.3) is 0 Å². The van der Waals surface area contributed by atoms with Crippen LogP contribution >= 0.6 is 0 Å². The molecule has 0 N–H and O–H groups in total. The molecule has 0 saturated carbocycles. The van der Waals surface area contributed by atoms with Crippen LogP contribution in [0, 0.1) is 23.0 Å². The summed E-state index contributed by atoms with van der Waals surface area (Å²) in [4.78, 5) is 38.1. The molecule has 0 aliphatic carbocycles. The number of carbonyl (C=O) groups excluding carboxylic acids is 2. The number of hydrogen-bond donors (Lipinski definition) is 0. The zero-order valence-corrected chi connectivity index (χ0v) is 16.6. The highest BCUT2D eigenvalue weighted by atomic mass is 16.6. The van der Waals surface area contributed by atoms with Gasteiger partial charge in [0.2, 0.25) is 0 Å². The lowest BCUT2D eigenvalue weighted by atomic mass is 9.88. The van der Waals surface area contributed by atoms with E-state index in [1.54, 1.807) is 36.1 Å². The van der Waals surface area contributed by atoms with Crippen molar-refractivity contribution in [3.63, 3.8) is 0 Å². The Morgan fingerprint density at radius 2 is 1.77 bits per heavy atom. The van der Waals surface area contributed by atoms with Crippen LogP contribution in [0.5, 0.6) is 11.5 Å². The van der Waals surface area contributed by atoms with Gasteiger partial charge in [0.15, 0.2) is 17.3 Å². The molecule has 0 aromatic heterocycles. The first-order valence-corrected chi connectivity index (χ1v) is 9.93. The van der Waals surface area contributed by atoms with Crippen molar-refractivity contribution < 1.29 is 24.0 Å². The van der Waals surface area contributed by atoms with Crippen molar-refractivity contribution >= 4 is 17.4 Å². The maximum absolute atomic E-state index is 12.9. The van der Waals surface area contributed by atoms with Crippen molar-refractivity contribution in [2.45, 2.75) is 19.8 Å². The lowest BCUT2D eigenvalue weighted by Gasteiger charge is -2.32. The van der Waals surface area contributed by atoms with Crippen molar-refractivity contribution in [2.75, 3.05) is 26.3 Å². The Bertz CT molecular complexity index is 1010. The summed E-state index contributed by atoms with van der Waals surface area (Å²) in [5, 5.41) is 11.1. The Balaban J connectivity index is 1.43. The molecule has 4 rings (SSSR count). The van der Waals surface area contributed by atoms with E-state index in [2.05, 4.69) is 0 Å². The number of nitro groups is 1. The van der Waals surface area contributed by atoms with Gasteiger partial charge < -0.3 is 14.4 Å². The van der Waals surface area contributed by atoms with E-state index in [4.69, 9.17) is 9.47 Å². The molecule has 0 bridgehead atoms. The number of benzene rings is 2. The molecule has 0 spiro atoms. The van der Waals surface area contributed by atoms with Gasteiger partial charge in [0.05, 0.1) is 4.92 Å². The first-order valence-electron chi connectivity index (χ1n) is 9.93. The standard InChI is InChI=1S/C22H22N2O6/c1-14-17(3-2-4-18(14)24(27)28)22(26)23-9-7-15(8-10-23)21(25)16-5-6-19-20(13-16)30-12-11-29-19/h2-6,13,15H,7-12H2,1H3. The maximum Gasteiger partial charge on any atom is 0.273 e. The molecule has 8 nitrogen and oxygen atoms in total. The summed E-state index contributed by atoms with van der Waals surface area (Å²) >= 11 is 0. The fraction of sp³-hybridized carbons (Fsp3) is 0.364. The van der Waals surface area contributed by atoms with Crippen LogP contribution in [-0.2, 0) is 0 Å². The zero-order chi connectivity index (χ0) is 21.3. The summed E-state index contributed by atoms with van der Waals surface area (Å²) in [6.07, 6.45) is 1.10. The van der Waals surface area contributed by atoms with Crippen LogP contribution in [-0.4, -0.2) is 47.8 Å². The second-order valence-electron chi connectivity index (χ2n) is 7.50. The highest BCUT2D eigenvalue weighted by molar-refractivity contribution is 5.99. The summed E-state index contributed by atoms with van der Waals surface area (Å²) in [5.74, 6) is 0.848. The fourth-order valence-corrected chi connectivity index (χ4v) is 4.00. The smallest absolute Gasteiger partial charge is 0.273 e. The molecule has 2 heterocycles. The average molecular weight is 410 g/mol. The zero-order valence-electron chi connectivity index (χ0n) is 16.6. The van der Waals surface area contributed by atoms with Gasteiger partial charge in [0, 0.05) is 41.8 Å². The molecule has 2 aromatic rings.